The minimum Gasteiger partial charge on any atom is -0.497 e. The van der Waals surface area contributed by atoms with Gasteiger partial charge in [-0.05, 0) is 54.8 Å². The zero-order valence-corrected chi connectivity index (χ0v) is 17.0. The van der Waals surface area contributed by atoms with E-state index in [1.807, 2.05) is 24.3 Å². The monoisotopic (exact) mass is 411 g/mol. The lowest BCUT2D eigenvalue weighted by atomic mass is 10.1. The number of hydrogen-bond acceptors (Lipinski definition) is 5. The van der Waals surface area contributed by atoms with Crippen molar-refractivity contribution in [1.82, 2.24) is 10.6 Å². The Labute approximate surface area is 175 Å². The first-order chi connectivity index (χ1) is 14.5. The molecule has 1 unspecified atom stereocenters. The van der Waals surface area contributed by atoms with Crippen LogP contribution in [0.4, 0.5) is 10.5 Å². The SMILES string of the molecule is COc1ccc(CCNC(=O)CCC2NC(=O)N(c3ccc(OC)cc3)C2=O)cc1. The molecular formula is C22H25N3O5. The Bertz CT molecular complexity index is 896. The van der Waals surface area contributed by atoms with Crippen LogP contribution in [0.3, 0.4) is 0 Å². The van der Waals surface area contributed by atoms with E-state index in [0.29, 0.717) is 24.4 Å². The minimum atomic E-state index is -0.716. The lowest BCUT2D eigenvalue weighted by Crippen LogP contribution is -2.33. The molecule has 3 rings (SSSR count). The van der Waals surface area contributed by atoms with Crippen molar-refractivity contribution in [3.8, 4) is 11.5 Å². The van der Waals surface area contributed by atoms with Gasteiger partial charge in [0.1, 0.15) is 17.5 Å². The Kier molecular flexibility index (Phi) is 6.90. The van der Waals surface area contributed by atoms with Crippen LogP contribution in [0, 0.1) is 0 Å². The van der Waals surface area contributed by atoms with Crippen molar-refractivity contribution in [3.63, 3.8) is 0 Å². The van der Waals surface area contributed by atoms with Gasteiger partial charge in [-0.25, -0.2) is 9.69 Å². The summed E-state index contributed by atoms with van der Waals surface area (Å²) in [5.74, 6) is 0.896. The van der Waals surface area contributed by atoms with Crippen LogP contribution in [0.5, 0.6) is 11.5 Å². The smallest absolute Gasteiger partial charge is 0.329 e. The molecule has 4 amide bonds. The maximum Gasteiger partial charge on any atom is 0.329 e. The van der Waals surface area contributed by atoms with Gasteiger partial charge in [0, 0.05) is 13.0 Å². The number of methoxy groups -OCH3 is 2. The number of anilines is 1. The van der Waals surface area contributed by atoms with Gasteiger partial charge in [-0.2, -0.15) is 0 Å². The summed E-state index contributed by atoms with van der Waals surface area (Å²) in [6.45, 7) is 0.494. The van der Waals surface area contributed by atoms with Crippen LogP contribution >= 0.6 is 0 Å². The van der Waals surface area contributed by atoms with Crippen molar-refractivity contribution in [2.24, 2.45) is 0 Å². The maximum absolute atomic E-state index is 12.6. The zero-order valence-electron chi connectivity index (χ0n) is 17.0. The van der Waals surface area contributed by atoms with Gasteiger partial charge in [0.05, 0.1) is 19.9 Å². The largest absolute Gasteiger partial charge is 0.497 e. The number of rotatable bonds is 9. The summed E-state index contributed by atoms with van der Waals surface area (Å²) in [5, 5.41) is 5.49. The Morgan fingerprint density at radius 1 is 1.00 bits per heavy atom. The molecule has 1 heterocycles. The van der Waals surface area contributed by atoms with Crippen molar-refractivity contribution in [2.75, 3.05) is 25.7 Å². The minimum absolute atomic E-state index is 0.149. The molecule has 0 radical (unpaired) electrons. The average molecular weight is 411 g/mol. The second-order valence-electron chi connectivity index (χ2n) is 6.86. The highest BCUT2D eigenvalue weighted by molar-refractivity contribution is 6.21. The fourth-order valence-electron chi connectivity index (χ4n) is 3.20. The number of hydrogen-bond donors (Lipinski definition) is 2. The van der Waals surface area contributed by atoms with Gasteiger partial charge >= 0.3 is 6.03 Å². The molecule has 2 aromatic carbocycles. The predicted octanol–water partition coefficient (Wildman–Crippen LogP) is 2.27. The summed E-state index contributed by atoms with van der Waals surface area (Å²) in [6.07, 6.45) is 1.08. The predicted molar refractivity (Wildman–Crippen MR) is 112 cm³/mol. The number of ether oxygens (including phenoxy) is 2. The molecule has 1 atom stereocenters. The van der Waals surface area contributed by atoms with Gasteiger partial charge in [-0.1, -0.05) is 12.1 Å². The molecule has 0 spiro atoms. The third kappa shape index (κ3) is 5.08. The molecule has 1 fully saturated rings. The Morgan fingerprint density at radius 2 is 1.60 bits per heavy atom. The van der Waals surface area contributed by atoms with Crippen molar-refractivity contribution in [1.29, 1.82) is 0 Å². The Hall–Kier alpha value is -3.55. The lowest BCUT2D eigenvalue weighted by molar-refractivity contribution is -0.121. The fourth-order valence-corrected chi connectivity index (χ4v) is 3.20. The fraction of sp³-hybridized carbons (Fsp3) is 0.318. The molecule has 30 heavy (non-hydrogen) atoms. The number of imide groups is 1. The van der Waals surface area contributed by atoms with E-state index in [-0.39, 0.29) is 24.7 Å². The number of nitrogens with one attached hydrogen (secondary N) is 2. The van der Waals surface area contributed by atoms with E-state index in [9.17, 15) is 14.4 Å². The molecule has 8 heteroatoms. The van der Waals surface area contributed by atoms with E-state index < -0.39 is 12.1 Å². The Morgan fingerprint density at radius 3 is 2.20 bits per heavy atom. The van der Waals surface area contributed by atoms with E-state index in [4.69, 9.17) is 9.47 Å². The molecule has 1 aliphatic rings. The average Bonchev–Trinajstić information content (AvgIpc) is 3.06. The van der Waals surface area contributed by atoms with Crippen molar-refractivity contribution >= 4 is 23.5 Å². The highest BCUT2D eigenvalue weighted by atomic mass is 16.5. The van der Waals surface area contributed by atoms with E-state index in [1.54, 1.807) is 38.5 Å². The van der Waals surface area contributed by atoms with Gasteiger partial charge in [-0.15, -0.1) is 0 Å². The molecular weight excluding hydrogens is 386 g/mol. The van der Waals surface area contributed by atoms with E-state index in [1.165, 1.54) is 0 Å². The molecule has 1 aliphatic heterocycles. The first kappa shape index (κ1) is 21.2. The number of carbonyl (C=O) groups excluding carboxylic acids is 3. The van der Waals surface area contributed by atoms with E-state index in [2.05, 4.69) is 10.6 Å². The molecule has 2 N–H and O–H groups in total. The molecule has 2 aromatic rings. The molecule has 0 saturated carbocycles. The van der Waals surface area contributed by atoms with Crippen LogP contribution in [0.25, 0.3) is 0 Å². The summed E-state index contributed by atoms with van der Waals surface area (Å²) in [5.41, 5.74) is 1.55. The first-order valence-electron chi connectivity index (χ1n) is 9.70. The number of amides is 4. The van der Waals surface area contributed by atoms with Gasteiger partial charge < -0.3 is 20.1 Å². The van der Waals surface area contributed by atoms with Crippen LogP contribution in [-0.4, -0.2) is 44.7 Å². The topological polar surface area (TPSA) is 97.0 Å². The molecule has 158 valence electrons. The van der Waals surface area contributed by atoms with Crippen LogP contribution < -0.4 is 25.0 Å². The third-order valence-electron chi connectivity index (χ3n) is 4.90. The highest BCUT2D eigenvalue weighted by Gasteiger charge is 2.38. The second-order valence-corrected chi connectivity index (χ2v) is 6.86. The lowest BCUT2D eigenvalue weighted by Gasteiger charge is -2.13. The quantitative estimate of drug-likeness (QED) is 0.617. The van der Waals surface area contributed by atoms with E-state index in [0.717, 1.165) is 16.2 Å². The third-order valence-corrected chi connectivity index (χ3v) is 4.90. The summed E-state index contributed by atoms with van der Waals surface area (Å²) in [7, 11) is 3.16. The summed E-state index contributed by atoms with van der Waals surface area (Å²) < 4.78 is 10.2. The van der Waals surface area contributed by atoms with Gasteiger partial charge in [0.15, 0.2) is 0 Å². The molecule has 0 aliphatic carbocycles. The number of urea groups is 1. The van der Waals surface area contributed by atoms with Crippen molar-refractivity contribution in [3.05, 3.63) is 54.1 Å². The van der Waals surface area contributed by atoms with Crippen LogP contribution in [0.15, 0.2) is 48.5 Å². The first-order valence-corrected chi connectivity index (χ1v) is 9.70. The van der Waals surface area contributed by atoms with Crippen LogP contribution in [0.1, 0.15) is 18.4 Å². The maximum atomic E-state index is 12.6. The normalized spacial score (nSPS) is 15.7. The highest BCUT2D eigenvalue weighted by Crippen LogP contribution is 2.23. The summed E-state index contributed by atoms with van der Waals surface area (Å²) >= 11 is 0. The zero-order chi connectivity index (χ0) is 21.5. The van der Waals surface area contributed by atoms with Crippen LogP contribution in [-0.2, 0) is 16.0 Å². The van der Waals surface area contributed by atoms with Gasteiger partial charge in [0.2, 0.25) is 5.91 Å². The molecule has 8 nitrogen and oxygen atoms in total. The second kappa shape index (κ2) is 9.78. The van der Waals surface area contributed by atoms with Crippen LogP contribution in [0.2, 0.25) is 0 Å². The number of benzene rings is 2. The summed E-state index contributed by atoms with van der Waals surface area (Å²) in [6, 6.07) is 13.1. The number of nitrogens with zero attached hydrogens (tertiary/aromatic N) is 1. The van der Waals surface area contributed by atoms with Crippen molar-refractivity contribution in [2.45, 2.75) is 25.3 Å². The summed E-state index contributed by atoms with van der Waals surface area (Å²) in [4.78, 5) is 38.0. The van der Waals surface area contributed by atoms with E-state index >= 15 is 0 Å². The van der Waals surface area contributed by atoms with Gasteiger partial charge in [0.25, 0.3) is 5.91 Å². The standard InChI is InChI=1S/C22H25N3O5/c1-29-17-7-3-15(4-8-17)13-14-23-20(26)12-11-19-21(27)25(22(28)24-19)16-5-9-18(30-2)10-6-16/h3-10,19H,11-14H2,1-2H3,(H,23,26)(H,24,28). The molecule has 0 aromatic heterocycles. The molecule has 0 bridgehead atoms. The number of carbonyl (C=O) groups is 3. The van der Waals surface area contributed by atoms with Crippen molar-refractivity contribution < 1.29 is 23.9 Å². The van der Waals surface area contributed by atoms with Gasteiger partial charge in [-0.3, -0.25) is 9.59 Å². The Balaban J connectivity index is 1.45. The molecule has 1 saturated heterocycles.